The summed E-state index contributed by atoms with van der Waals surface area (Å²) in [7, 11) is 0. The summed E-state index contributed by atoms with van der Waals surface area (Å²) >= 11 is 0. The second-order valence-electron chi connectivity index (χ2n) is 8.72. The van der Waals surface area contributed by atoms with Gasteiger partial charge in [0.05, 0.1) is 24.0 Å². The van der Waals surface area contributed by atoms with Crippen LogP contribution in [0.25, 0.3) is 11.5 Å². The number of ether oxygens (including phenoxy) is 2. The average molecular weight is 511 g/mol. The molecule has 0 aliphatic carbocycles. The quantitative estimate of drug-likeness (QED) is 0.304. The molecule has 196 valence electrons. The summed E-state index contributed by atoms with van der Waals surface area (Å²) in [6.45, 7) is 5.48. The van der Waals surface area contributed by atoms with E-state index < -0.39 is 23.9 Å². The Morgan fingerprint density at radius 1 is 1.05 bits per heavy atom. The highest BCUT2D eigenvalue weighted by atomic mass is 16.5. The third-order valence-corrected chi connectivity index (χ3v) is 5.55. The Morgan fingerprint density at radius 3 is 2.38 bits per heavy atom. The highest BCUT2D eigenvalue weighted by Gasteiger charge is 2.23. The smallest absolute Gasteiger partial charge is 0.335 e. The Hall–Kier alpha value is -4.18. The first-order chi connectivity index (χ1) is 17.5. The molecule has 10 heteroatoms. The van der Waals surface area contributed by atoms with Gasteiger partial charge < -0.3 is 29.8 Å². The first kappa shape index (κ1) is 27.4. The molecule has 4 N–H and O–H groups in total. The lowest BCUT2D eigenvalue weighted by Gasteiger charge is -2.18. The molecule has 3 rings (SSSR count). The summed E-state index contributed by atoms with van der Waals surface area (Å²) in [4.78, 5) is 39.0. The van der Waals surface area contributed by atoms with E-state index in [1.165, 1.54) is 12.1 Å². The number of hydrogen-bond donors (Lipinski definition) is 3. The van der Waals surface area contributed by atoms with Gasteiger partial charge in [0.1, 0.15) is 17.6 Å². The van der Waals surface area contributed by atoms with Crippen molar-refractivity contribution in [1.82, 2.24) is 4.98 Å². The Bertz CT molecular complexity index is 1260. The monoisotopic (exact) mass is 510 g/mol. The van der Waals surface area contributed by atoms with E-state index in [-0.39, 0.29) is 31.1 Å². The Morgan fingerprint density at radius 2 is 1.76 bits per heavy atom. The summed E-state index contributed by atoms with van der Waals surface area (Å²) in [6, 6.07) is 10.2. The van der Waals surface area contributed by atoms with E-state index in [0.29, 0.717) is 46.2 Å². The number of carboxylic acid groups (broad SMARTS) is 2. The normalized spacial score (nSPS) is 11.8. The number of carbonyl (C=O) groups is 3. The molecule has 0 aliphatic heterocycles. The van der Waals surface area contributed by atoms with Crippen LogP contribution in [0.4, 0.5) is 0 Å². The summed E-state index contributed by atoms with van der Waals surface area (Å²) in [6.07, 6.45) is 0.194. The lowest BCUT2D eigenvalue weighted by Crippen LogP contribution is -2.27. The van der Waals surface area contributed by atoms with Gasteiger partial charge in [-0.1, -0.05) is 6.07 Å². The fourth-order valence-corrected chi connectivity index (χ4v) is 3.66. The second kappa shape index (κ2) is 12.2. The summed E-state index contributed by atoms with van der Waals surface area (Å²) in [5.41, 5.74) is 8.76. The number of esters is 1. The SMILES string of the molecule is Cc1oc(-c2ccc(C(=O)O)cc2)nc1CCOc1ccc(CCC(=O)O)c(C(N)C(=O)OC(C)C)c1. The standard InChI is InChI=1S/C27H30N2O8/c1-15(2)36-27(34)24(28)21-14-20(10-8-17(21)9-11-23(30)31)35-13-12-22-16(3)37-25(29-22)18-4-6-19(7-5-18)26(32)33/h4-8,10,14-15,24H,9,11-13,28H2,1-3H3,(H,30,31)(H,32,33). The maximum absolute atomic E-state index is 12.4. The number of carboxylic acids is 2. The third kappa shape index (κ3) is 7.40. The molecule has 0 aliphatic rings. The van der Waals surface area contributed by atoms with Crippen LogP contribution in [0.3, 0.4) is 0 Å². The fourth-order valence-electron chi connectivity index (χ4n) is 3.66. The topological polar surface area (TPSA) is 162 Å². The van der Waals surface area contributed by atoms with Gasteiger partial charge in [0.2, 0.25) is 5.89 Å². The molecule has 1 aromatic heterocycles. The van der Waals surface area contributed by atoms with Gasteiger partial charge in [-0.2, -0.15) is 0 Å². The highest BCUT2D eigenvalue weighted by molar-refractivity contribution is 5.88. The molecule has 0 radical (unpaired) electrons. The molecule has 10 nitrogen and oxygen atoms in total. The number of benzene rings is 2. The van der Waals surface area contributed by atoms with Crippen LogP contribution >= 0.6 is 0 Å². The van der Waals surface area contributed by atoms with Crippen LogP contribution in [0.1, 0.15) is 59.2 Å². The molecule has 0 saturated heterocycles. The van der Waals surface area contributed by atoms with E-state index in [0.717, 1.165) is 0 Å². The van der Waals surface area contributed by atoms with E-state index in [1.807, 2.05) is 0 Å². The molecule has 0 bridgehead atoms. The van der Waals surface area contributed by atoms with Crippen molar-refractivity contribution >= 4 is 17.9 Å². The molecule has 0 saturated carbocycles. The number of aromatic carboxylic acids is 1. The van der Waals surface area contributed by atoms with Gasteiger partial charge in [0, 0.05) is 18.4 Å². The molecule has 1 heterocycles. The maximum Gasteiger partial charge on any atom is 0.335 e. The summed E-state index contributed by atoms with van der Waals surface area (Å²) in [5.74, 6) is -1.11. The average Bonchev–Trinajstić information content (AvgIpc) is 3.22. The number of rotatable bonds is 12. The zero-order valence-electron chi connectivity index (χ0n) is 20.9. The third-order valence-electron chi connectivity index (χ3n) is 5.55. The minimum Gasteiger partial charge on any atom is -0.493 e. The van der Waals surface area contributed by atoms with E-state index in [4.69, 9.17) is 29.8 Å². The molecule has 1 unspecified atom stereocenters. The number of nitrogens with zero attached hydrogens (tertiary/aromatic N) is 1. The van der Waals surface area contributed by atoms with E-state index in [9.17, 15) is 14.4 Å². The van der Waals surface area contributed by atoms with Gasteiger partial charge in [0.15, 0.2) is 0 Å². The van der Waals surface area contributed by atoms with Crippen molar-refractivity contribution in [2.75, 3.05) is 6.61 Å². The van der Waals surface area contributed by atoms with Crippen molar-refractivity contribution in [3.05, 3.63) is 70.6 Å². The number of hydrogen-bond acceptors (Lipinski definition) is 8. The molecular formula is C27H30N2O8. The minimum absolute atomic E-state index is 0.105. The number of aromatic nitrogens is 1. The lowest BCUT2D eigenvalue weighted by atomic mass is 9.97. The Kier molecular flexibility index (Phi) is 9.02. The van der Waals surface area contributed by atoms with Crippen molar-refractivity contribution in [2.24, 2.45) is 5.73 Å². The van der Waals surface area contributed by atoms with Crippen LogP contribution in [0.15, 0.2) is 46.9 Å². The van der Waals surface area contributed by atoms with Gasteiger partial charge in [-0.15, -0.1) is 0 Å². The molecule has 2 aromatic carbocycles. The number of carbonyl (C=O) groups excluding carboxylic acids is 1. The van der Waals surface area contributed by atoms with Crippen LogP contribution in [-0.2, 0) is 27.2 Å². The maximum atomic E-state index is 12.4. The van der Waals surface area contributed by atoms with Crippen LogP contribution < -0.4 is 10.5 Å². The minimum atomic E-state index is -1.08. The Balaban J connectivity index is 1.71. The molecule has 3 aromatic rings. The molecule has 37 heavy (non-hydrogen) atoms. The number of aryl methyl sites for hydroxylation is 2. The Labute approximate surface area is 214 Å². The largest absolute Gasteiger partial charge is 0.493 e. The van der Waals surface area contributed by atoms with Gasteiger partial charge in [-0.25, -0.2) is 14.6 Å². The number of aliphatic carboxylic acids is 1. The molecule has 0 fully saturated rings. The van der Waals surface area contributed by atoms with Crippen molar-refractivity contribution in [3.63, 3.8) is 0 Å². The van der Waals surface area contributed by atoms with Crippen molar-refractivity contribution in [2.45, 2.75) is 52.2 Å². The van der Waals surface area contributed by atoms with Gasteiger partial charge in [-0.05, 0) is 74.7 Å². The van der Waals surface area contributed by atoms with Gasteiger partial charge in [-0.3, -0.25) is 4.79 Å². The molecular weight excluding hydrogens is 480 g/mol. The first-order valence-electron chi connectivity index (χ1n) is 11.8. The summed E-state index contributed by atoms with van der Waals surface area (Å²) < 4.78 is 16.9. The predicted octanol–water partition coefficient (Wildman–Crippen LogP) is 3.94. The zero-order chi connectivity index (χ0) is 27.1. The van der Waals surface area contributed by atoms with E-state index in [1.54, 1.807) is 51.1 Å². The fraction of sp³-hybridized carbons (Fsp3) is 0.333. The van der Waals surface area contributed by atoms with Crippen LogP contribution in [0.5, 0.6) is 5.75 Å². The molecule has 0 spiro atoms. The molecule has 1 atom stereocenters. The van der Waals surface area contributed by atoms with Crippen LogP contribution in [0.2, 0.25) is 0 Å². The zero-order valence-corrected chi connectivity index (χ0v) is 20.9. The second-order valence-corrected chi connectivity index (χ2v) is 8.72. The van der Waals surface area contributed by atoms with Crippen molar-refractivity contribution in [3.8, 4) is 17.2 Å². The molecule has 0 amide bonds. The van der Waals surface area contributed by atoms with Crippen molar-refractivity contribution in [1.29, 1.82) is 0 Å². The number of oxazole rings is 1. The highest BCUT2D eigenvalue weighted by Crippen LogP contribution is 2.26. The van der Waals surface area contributed by atoms with E-state index in [2.05, 4.69) is 4.98 Å². The van der Waals surface area contributed by atoms with Crippen LogP contribution in [-0.4, -0.2) is 45.8 Å². The van der Waals surface area contributed by atoms with Crippen LogP contribution in [0, 0.1) is 6.92 Å². The predicted molar refractivity (Wildman–Crippen MR) is 133 cm³/mol. The van der Waals surface area contributed by atoms with Gasteiger partial charge >= 0.3 is 17.9 Å². The first-order valence-corrected chi connectivity index (χ1v) is 11.8. The number of nitrogens with two attached hydrogens (primary N) is 1. The van der Waals surface area contributed by atoms with E-state index >= 15 is 0 Å². The summed E-state index contributed by atoms with van der Waals surface area (Å²) in [5, 5.41) is 18.1. The lowest BCUT2D eigenvalue weighted by molar-refractivity contribution is -0.149. The van der Waals surface area contributed by atoms with Gasteiger partial charge in [0.25, 0.3) is 0 Å². The van der Waals surface area contributed by atoms with Crippen molar-refractivity contribution < 1.29 is 38.5 Å².